The largest absolute Gasteiger partial charge is 0.379 e. The Morgan fingerprint density at radius 2 is 1.67 bits per heavy atom. The molecular weight excluding hydrogens is 418 g/mol. The lowest BCUT2D eigenvalue weighted by Crippen LogP contribution is -2.09. The van der Waals surface area contributed by atoms with Crippen molar-refractivity contribution >= 4 is 33.3 Å². The SMILES string of the molecule is Cc1ccc(S(=O)(=O)Oc2ccc(C=NN=C(N)SCc3ccccc3)cc2)cc1. The van der Waals surface area contributed by atoms with Crippen molar-refractivity contribution in [3.05, 3.63) is 95.6 Å². The molecule has 0 saturated carbocycles. The molecule has 0 radical (unpaired) electrons. The van der Waals surface area contributed by atoms with Crippen molar-refractivity contribution in [3.8, 4) is 5.75 Å². The maximum Gasteiger partial charge on any atom is 0.339 e. The zero-order valence-corrected chi connectivity index (χ0v) is 17.9. The fourth-order valence-electron chi connectivity index (χ4n) is 2.40. The molecule has 0 amide bonds. The van der Waals surface area contributed by atoms with Crippen LogP contribution < -0.4 is 9.92 Å². The van der Waals surface area contributed by atoms with Crippen LogP contribution in [0.3, 0.4) is 0 Å². The lowest BCUT2D eigenvalue weighted by molar-refractivity contribution is 0.486. The molecule has 3 aromatic carbocycles. The van der Waals surface area contributed by atoms with Crippen LogP contribution in [0.5, 0.6) is 5.75 Å². The van der Waals surface area contributed by atoms with Gasteiger partial charge < -0.3 is 9.92 Å². The summed E-state index contributed by atoms with van der Waals surface area (Å²) < 4.78 is 29.8. The molecule has 0 unspecified atom stereocenters. The first-order chi connectivity index (χ1) is 14.4. The number of thioether (sulfide) groups is 1. The van der Waals surface area contributed by atoms with E-state index in [2.05, 4.69) is 10.2 Å². The predicted molar refractivity (Wildman–Crippen MR) is 122 cm³/mol. The van der Waals surface area contributed by atoms with Crippen molar-refractivity contribution in [3.63, 3.8) is 0 Å². The Balaban J connectivity index is 1.56. The number of benzene rings is 3. The minimum absolute atomic E-state index is 0.108. The summed E-state index contributed by atoms with van der Waals surface area (Å²) in [5.41, 5.74) is 8.72. The maximum absolute atomic E-state index is 12.3. The highest BCUT2D eigenvalue weighted by Gasteiger charge is 2.16. The van der Waals surface area contributed by atoms with E-state index in [9.17, 15) is 8.42 Å². The smallest absolute Gasteiger partial charge is 0.339 e. The van der Waals surface area contributed by atoms with Crippen LogP contribution in [-0.4, -0.2) is 19.8 Å². The second-order valence-electron chi connectivity index (χ2n) is 6.38. The first-order valence-electron chi connectivity index (χ1n) is 9.07. The van der Waals surface area contributed by atoms with Crippen LogP contribution in [0.25, 0.3) is 0 Å². The summed E-state index contributed by atoms with van der Waals surface area (Å²) in [6.07, 6.45) is 1.54. The van der Waals surface area contributed by atoms with Gasteiger partial charge in [0.1, 0.15) is 10.6 Å². The lowest BCUT2D eigenvalue weighted by Gasteiger charge is -2.07. The fourth-order valence-corrected chi connectivity index (χ4v) is 3.94. The van der Waals surface area contributed by atoms with Crippen molar-refractivity contribution in [2.45, 2.75) is 17.6 Å². The number of rotatable bonds is 7. The Hall–Kier alpha value is -3.10. The van der Waals surface area contributed by atoms with Crippen LogP contribution in [0.15, 0.2) is 94.0 Å². The second kappa shape index (κ2) is 10.1. The van der Waals surface area contributed by atoms with Gasteiger partial charge in [-0.25, -0.2) is 0 Å². The molecular formula is C22H21N3O3S2. The Bertz CT molecular complexity index is 1130. The molecule has 3 aromatic rings. The van der Waals surface area contributed by atoms with Crippen molar-refractivity contribution in [2.75, 3.05) is 0 Å². The van der Waals surface area contributed by atoms with Crippen molar-refractivity contribution < 1.29 is 12.6 Å². The average molecular weight is 440 g/mol. The summed E-state index contributed by atoms with van der Waals surface area (Å²) >= 11 is 1.40. The summed E-state index contributed by atoms with van der Waals surface area (Å²) in [4.78, 5) is 0.108. The van der Waals surface area contributed by atoms with Gasteiger partial charge in [0, 0.05) is 5.75 Å². The zero-order chi connectivity index (χ0) is 21.4. The van der Waals surface area contributed by atoms with Gasteiger partial charge >= 0.3 is 10.1 Å². The van der Waals surface area contributed by atoms with Crippen LogP contribution in [0.4, 0.5) is 0 Å². The molecule has 2 N–H and O–H groups in total. The van der Waals surface area contributed by atoms with Crippen molar-refractivity contribution in [1.29, 1.82) is 0 Å². The van der Waals surface area contributed by atoms with Gasteiger partial charge in [-0.15, -0.1) is 5.10 Å². The van der Waals surface area contributed by atoms with Gasteiger partial charge in [-0.1, -0.05) is 59.8 Å². The highest BCUT2D eigenvalue weighted by molar-refractivity contribution is 8.13. The van der Waals surface area contributed by atoms with E-state index in [1.807, 2.05) is 37.3 Å². The number of aryl methyl sites for hydroxylation is 1. The van der Waals surface area contributed by atoms with Crippen LogP contribution in [0, 0.1) is 6.92 Å². The summed E-state index contributed by atoms with van der Waals surface area (Å²) in [5, 5.41) is 8.30. The third kappa shape index (κ3) is 6.47. The van der Waals surface area contributed by atoms with E-state index >= 15 is 0 Å². The first-order valence-corrected chi connectivity index (χ1v) is 11.5. The van der Waals surface area contributed by atoms with Gasteiger partial charge in [0.2, 0.25) is 0 Å². The Labute approximate surface area is 180 Å². The molecule has 0 aliphatic rings. The van der Waals surface area contributed by atoms with Crippen LogP contribution >= 0.6 is 11.8 Å². The Morgan fingerprint density at radius 3 is 2.33 bits per heavy atom. The molecule has 3 rings (SSSR count). The Morgan fingerprint density at radius 1 is 1.00 bits per heavy atom. The minimum atomic E-state index is -3.88. The molecule has 0 bridgehead atoms. The summed E-state index contributed by atoms with van der Waals surface area (Å²) in [6.45, 7) is 1.89. The molecule has 30 heavy (non-hydrogen) atoms. The summed E-state index contributed by atoms with van der Waals surface area (Å²) in [5.74, 6) is 0.932. The fraction of sp³-hybridized carbons (Fsp3) is 0.0909. The van der Waals surface area contributed by atoms with Gasteiger partial charge in [0.05, 0.1) is 6.21 Å². The third-order valence-corrected chi connectivity index (χ3v) is 6.10. The van der Waals surface area contributed by atoms with Crippen LogP contribution in [0.1, 0.15) is 16.7 Å². The second-order valence-corrected chi connectivity index (χ2v) is 8.92. The number of amidine groups is 1. The van der Waals surface area contributed by atoms with E-state index in [0.717, 1.165) is 16.7 Å². The van der Waals surface area contributed by atoms with E-state index in [1.165, 1.54) is 30.1 Å². The highest BCUT2D eigenvalue weighted by atomic mass is 32.2. The molecule has 0 heterocycles. The summed E-state index contributed by atoms with van der Waals surface area (Å²) in [6, 6.07) is 22.9. The van der Waals surface area contributed by atoms with Gasteiger partial charge in [-0.2, -0.15) is 13.5 Å². The maximum atomic E-state index is 12.3. The van der Waals surface area contributed by atoms with Gasteiger partial charge in [-0.3, -0.25) is 0 Å². The molecule has 0 spiro atoms. The molecule has 0 atom stereocenters. The summed E-state index contributed by atoms with van der Waals surface area (Å²) in [7, 11) is -3.88. The number of nitrogens with zero attached hydrogens (tertiary/aromatic N) is 2. The number of hydrogen-bond donors (Lipinski definition) is 1. The normalized spacial score (nSPS) is 12.2. The molecule has 6 nitrogen and oxygen atoms in total. The van der Waals surface area contributed by atoms with Crippen molar-refractivity contribution in [2.24, 2.45) is 15.9 Å². The molecule has 0 aliphatic heterocycles. The van der Waals surface area contributed by atoms with E-state index in [-0.39, 0.29) is 10.6 Å². The monoisotopic (exact) mass is 439 g/mol. The molecule has 0 fully saturated rings. The molecule has 0 saturated heterocycles. The van der Waals surface area contributed by atoms with Crippen molar-refractivity contribution in [1.82, 2.24) is 0 Å². The molecule has 0 aromatic heterocycles. The zero-order valence-electron chi connectivity index (χ0n) is 16.3. The van der Waals surface area contributed by atoms with E-state index in [4.69, 9.17) is 9.92 Å². The number of nitrogens with two attached hydrogens (primary N) is 1. The highest BCUT2D eigenvalue weighted by Crippen LogP contribution is 2.19. The van der Waals surface area contributed by atoms with Crippen LogP contribution in [0.2, 0.25) is 0 Å². The van der Waals surface area contributed by atoms with E-state index < -0.39 is 10.1 Å². The minimum Gasteiger partial charge on any atom is -0.379 e. The van der Waals surface area contributed by atoms with Crippen LogP contribution in [-0.2, 0) is 15.9 Å². The first kappa shape index (κ1) is 21.6. The molecule has 0 aliphatic carbocycles. The molecule has 154 valence electrons. The predicted octanol–water partition coefficient (Wildman–Crippen LogP) is 4.34. The van der Waals surface area contributed by atoms with Gasteiger partial charge in [-0.05, 0) is 54.4 Å². The van der Waals surface area contributed by atoms with E-state index in [1.54, 1.807) is 36.4 Å². The lowest BCUT2D eigenvalue weighted by atomic mass is 10.2. The molecule has 8 heteroatoms. The van der Waals surface area contributed by atoms with Gasteiger partial charge in [0.25, 0.3) is 0 Å². The Kier molecular flexibility index (Phi) is 7.26. The standard InChI is InChI=1S/C22H21N3O3S2/c1-17-7-13-21(14-8-17)30(26,27)28-20-11-9-18(10-12-20)15-24-25-22(23)29-16-19-5-3-2-4-6-19/h2-15H,16H2,1H3,(H2,23,25). The average Bonchev–Trinajstić information content (AvgIpc) is 2.74. The topological polar surface area (TPSA) is 94.1 Å². The number of hydrogen-bond acceptors (Lipinski definition) is 6. The van der Waals surface area contributed by atoms with Gasteiger partial charge in [0.15, 0.2) is 5.17 Å². The quantitative estimate of drug-likeness (QED) is 0.256. The van der Waals surface area contributed by atoms with E-state index in [0.29, 0.717) is 10.9 Å². The third-order valence-electron chi connectivity index (χ3n) is 3.99.